The van der Waals surface area contributed by atoms with Gasteiger partial charge in [-0.2, -0.15) is 0 Å². The van der Waals surface area contributed by atoms with Crippen LogP contribution < -0.4 is 5.32 Å². The molecule has 0 aliphatic heterocycles. The molecule has 0 saturated heterocycles. The fraction of sp³-hybridized carbons (Fsp3) is 0.533. The van der Waals surface area contributed by atoms with E-state index in [0.717, 1.165) is 26.4 Å². The highest BCUT2D eigenvalue weighted by molar-refractivity contribution is 14.1. The summed E-state index contributed by atoms with van der Waals surface area (Å²) in [6.45, 7) is 2.04. The molecule has 1 N–H and O–H groups in total. The summed E-state index contributed by atoms with van der Waals surface area (Å²) in [5.74, 6) is 0.645. The number of hydrogen-bond acceptors (Lipinski definition) is 1. The fourth-order valence-corrected chi connectivity index (χ4v) is 4.03. The molecule has 0 aromatic heterocycles. The summed E-state index contributed by atoms with van der Waals surface area (Å²) in [6.07, 6.45) is 4.81. The number of carbonyl (C=O) groups is 1. The number of carbonyl (C=O) groups excluding carboxylic acids is 1. The van der Waals surface area contributed by atoms with Crippen molar-refractivity contribution in [2.45, 2.75) is 38.6 Å². The predicted molar refractivity (Wildman–Crippen MR) is 90.9 cm³/mol. The van der Waals surface area contributed by atoms with E-state index in [0.29, 0.717) is 12.0 Å². The van der Waals surface area contributed by atoms with E-state index in [1.165, 1.54) is 19.3 Å². The summed E-state index contributed by atoms with van der Waals surface area (Å²) in [5, 5.41) is 4.21. The van der Waals surface area contributed by atoms with Crippen LogP contribution in [0.5, 0.6) is 0 Å². The molecule has 19 heavy (non-hydrogen) atoms. The maximum Gasteiger partial charge on any atom is 0.252 e. The van der Waals surface area contributed by atoms with Crippen LogP contribution in [0.1, 0.15) is 41.6 Å². The van der Waals surface area contributed by atoms with Crippen molar-refractivity contribution in [3.63, 3.8) is 0 Å². The van der Waals surface area contributed by atoms with E-state index in [1.54, 1.807) is 0 Å². The molecule has 1 amide bonds. The third-order valence-corrected chi connectivity index (χ3v) is 6.12. The molecule has 1 fully saturated rings. The molecule has 2 unspecified atom stereocenters. The molecule has 0 bridgehead atoms. The first-order valence-electron chi connectivity index (χ1n) is 6.75. The van der Waals surface area contributed by atoms with E-state index in [4.69, 9.17) is 0 Å². The zero-order chi connectivity index (χ0) is 13.8. The van der Waals surface area contributed by atoms with Crippen LogP contribution in [0.25, 0.3) is 0 Å². The lowest BCUT2D eigenvalue weighted by Gasteiger charge is -2.31. The van der Waals surface area contributed by atoms with Crippen molar-refractivity contribution in [2.24, 2.45) is 5.92 Å². The van der Waals surface area contributed by atoms with Gasteiger partial charge in [0.25, 0.3) is 5.91 Å². The van der Waals surface area contributed by atoms with Gasteiger partial charge in [-0.3, -0.25) is 4.79 Å². The summed E-state index contributed by atoms with van der Waals surface area (Å²) in [5.41, 5.74) is 1.97. The minimum Gasteiger partial charge on any atom is -0.349 e. The molecule has 2 nitrogen and oxygen atoms in total. The highest BCUT2D eigenvalue weighted by atomic mass is 127. The van der Waals surface area contributed by atoms with Crippen LogP contribution in [-0.2, 0) is 0 Å². The third-order valence-electron chi connectivity index (χ3n) is 3.86. The van der Waals surface area contributed by atoms with Crippen molar-refractivity contribution >= 4 is 44.4 Å². The Morgan fingerprint density at radius 1 is 1.42 bits per heavy atom. The average Bonchev–Trinajstić information content (AvgIpc) is 2.42. The van der Waals surface area contributed by atoms with Crippen LogP contribution in [0.4, 0.5) is 0 Å². The van der Waals surface area contributed by atoms with Crippen molar-refractivity contribution in [3.8, 4) is 0 Å². The number of rotatable bonds is 3. The molecule has 4 heteroatoms. The van der Waals surface area contributed by atoms with Crippen LogP contribution >= 0.6 is 38.5 Å². The number of halogens is 2. The van der Waals surface area contributed by atoms with Crippen LogP contribution in [0.2, 0.25) is 0 Å². The average molecular weight is 436 g/mol. The van der Waals surface area contributed by atoms with Crippen LogP contribution in [0.15, 0.2) is 18.2 Å². The lowest BCUT2D eigenvalue weighted by molar-refractivity contribution is 0.0910. The molecule has 1 saturated carbocycles. The van der Waals surface area contributed by atoms with Crippen LogP contribution in [-0.4, -0.2) is 17.3 Å². The third kappa shape index (κ3) is 3.72. The molecule has 0 radical (unpaired) electrons. The number of amides is 1. The lowest BCUT2D eigenvalue weighted by atomic mass is 9.86. The van der Waals surface area contributed by atoms with Gasteiger partial charge in [-0.1, -0.05) is 40.9 Å². The number of aryl methyl sites for hydroxylation is 1. The second-order valence-electron chi connectivity index (χ2n) is 5.22. The van der Waals surface area contributed by atoms with E-state index in [2.05, 4.69) is 43.8 Å². The van der Waals surface area contributed by atoms with Gasteiger partial charge < -0.3 is 5.32 Å². The predicted octanol–water partition coefficient (Wildman–Crippen LogP) is 4.28. The second kappa shape index (κ2) is 7.07. The van der Waals surface area contributed by atoms with Crippen molar-refractivity contribution in [1.29, 1.82) is 0 Å². The zero-order valence-electron chi connectivity index (χ0n) is 11.1. The molecule has 104 valence electrons. The first kappa shape index (κ1) is 15.3. The summed E-state index contributed by atoms with van der Waals surface area (Å²) in [6, 6.07) is 6.23. The van der Waals surface area contributed by atoms with Gasteiger partial charge in [-0.05, 0) is 59.9 Å². The highest BCUT2D eigenvalue weighted by Crippen LogP contribution is 2.26. The molecule has 0 heterocycles. The number of benzene rings is 1. The standard InChI is InChI=1S/C15H19BrINO/c1-10-5-4-7-12(14(10)17)15(19)18-13-8-3-2-6-11(13)9-16/h4-5,7,11,13H,2-3,6,8-9H2,1H3,(H,18,19). The molecule has 2 rings (SSSR count). The molecule has 1 aromatic rings. The number of nitrogens with one attached hydrogen (secondary N) is 1. The van der Waals surface area contributed by atoms with E-state index in [9.17, 15) is 4.79 Å². The molecular weight excluding hydrogens is 417 g/mol. The van der Waals surface area contributed by atoms with Gasteiger partial charge >= 0.3 is 0 Å². The van der Waals surface area contributed by atoms with Gasteiger partial charge in [0.15, 0.2) is 0 Å². The lowest BCUT2D eigenvalue weighted by Crippen LogP contribution is -2.43. The second-order valence-corrected chi connectivity index (χ2v) is 6.94. The Morgan fingerprint density at radius 3 is 2.89 bits per heavy atom. The van der Waals surface area contributed by atoms with Crippen molar-refractivity contribution < 1.29 is 4.79 Å². The first-order chi connectivity index (χ1) is 9.13. The Bertz CT molecular complexity index is 463. The largest absolute Gasteiger partial charge is 0.349 e. The van der Waals surface area contributed by atoms with Gasteiger partial charge in [0.2, 0.25) is 0 Å². The Labute approximate surface area is 137 Å². The van der Waals surface area contributed by atoms with Crippen LogP contribution in [0.3, 0.4) is 0 Å². The van der Waals surface area contributed by atoms with E-state index in [-0.39, 0.29) is 5.91 Å². The van der Waals surface area contributed by atoms with E-state index in [1.807, 2.05) is 25.1 Å². The molecule has 1 aliphatic carbocycles. The normalized spacial score (nSPS) is 23.1. The summed E-state index contributed by atoms with van der Waals surface area (Å²) in [7, 11) is 0. The van der Waals surface area contributed by atoms with Crippen LogP contribution in [0, 0.1) is 16.4 Å². The quantitative estimate of drug-likeness (QED) is 0.557. The smallest absolute Gasteiger partial charge is 0.252 e. The monoisotopic (exact) mass is 435 g/mol. The summed E-state index contributed by atoms with van der Waals surface area (Å²) in [4.78, 5) is 12.4. The van der Waals surface area contributed by atoms with E-state index >= 15 is 0 Å². The highest BCUT2D eigenvalue weighted by Gasteiger charge is 2.26. The summed E-state index contributed by atoms with van der Waals surface area (Å²) >= 11 is 5.83. The minimum atomic E-state index is 0.0750. The Morgan fingerprint density at radius 2 is 2.16 bits per heavy atom. The maximum absolute atomic E-state index is 12.4. The van der Waals surface area contributed by atoms with Crippen molar-refractivity contribution in [2.75, 3.05) is 5.33 Å². The molecule has 0 spiro atoms. The zero-order valence-corrected chi connectivity index (χ0v) is 14.8. The van der Waals surface area contributed by atoms with Gasteiger partial charge in [0.05, 0.1) is 5.56 Å². The molecule has 1 aliphatic rings. The Kier molecular flexibility index (Phi) is 5.69. The maximum atomic E-state index is 12.4. The van der Waals surface area contributed by atoms with Gasteiger partial charge in [0.1, 0.15) is 0 Å². The fourth-order valence-electron chi connectivity index (χ4n) is 2.65. The van der Waals surface area contributed by atoms with Gasteiger partial charge in [0, 0.05) is 14.9 Å². The van der Waals surface area contributed by atoms with Gasteiger partial charge in [-0.15, -0.1) is 0 Å². The molecule has 2 atom stereocenters. The SMILES string of the molecule is Cc1cccc(C(=O)NC2CCCCC2CBr)c1I. The van der Waals surface area contributed by atoms with Crippen molar-refractivity contribution in [1.82, 2.24) is 5.32 Å². The Balaban J connectivity index is 2.09. The van der Waals surface area contributed by atoms with Crippen molar-refractivity contribution in [3.05, 3.63) is 32.9 Å². The molecule has 1 aromatic carbocycles. The topological polar surface area (TPSA) is 29.1 Å². The number of alkyl halides is 1. The minimum absolute atomic E-state index is 0.0750. The van der Waals surface area contributed by atoms with Gasteiger partial charge in [-0.25, -0.2) is 0 Å². The molecular formula is C15H19BrINO. The number of hydrogen-bond donors (Lipinski definition) is 1. The Hall–Kier alpha value is -0.100. The first-order valence-corrected chi connectivity index (χ1v) is 8.95. The van der Waals surface area contributed by atoms with E-state index < -0.39 is 0 Å². The summed E-state index contributed by atoms with van der Waals surface area (Å²) < 4.78 is 1.06.